The molecule has 29 heavy (non-hydrogen) atoms. The summed E-state index contributed by atoms with van der Waals surface area (Å²) in [5.41, 5.74) is 5.07. The van der Waals surface area contributed by atoms with Gasteiger partial charge in [0.1, 0.15) is 0 Å². The Labute approximate surface area is 180 Å². The highest BCUT2D eigenvalue weighted by Crippen LogP contribution is 2.24. The second kappa shape index (κ2) is 8.99. The number of rotatable bonds is 6. The minimum Gasteiger partial charge on any atom is -0.348 e. The lowest BCUT2D eigenvalue weighted by Gasteiger charge is -2.14. The zero-order valence-corrected chi connectivity index (χ0v) is 17.8. The van der Waals surface area contributed by atoms with E-state index in [2.05, 4.69) is 27.3 Å². The van der Waals surface area contributed by atoms with Gasteiger partial charge in [-0.05, 0) is 53.3 Å². The highest BCUT2D eigenvalue weighted by molar-refractivity contribution is 7.98. The van der Waals surface area contributed by atoms with Crippen LogP contribution in [0.3, 0.4) is 0 Å². The van der Waals surface area contributed by atoms with Gasteiger partial charge in [0.25, 0.3) is 5.91 Å². The first-order chi connectivity index (χ1) is 14.1. The van der Waals surface area contributed by atoms with Gasteiger partial charge >= 0.3 is 0 Å². The predicted molar refractivity (Wildman–Crippen MR) is 118 cm³/mol. The van der Waals surface area contributed by atoms with Gasteiger partial charge in [0.2, 0.25) is 0 Å². The third kappa shape index (κ3) is 4.99. The highest BCUT2D eigenvalue weighted by atomic mass is 35.5. The first-order valence-corrected chi connectivity index (χ1v) is 11.1. The summed E-state index contributed by atoms with van der Waals surface area (Å²) in [6.07, 6.45) is 3.73. The van der Waals surface area contributed by atoms with Crippen molar-refractivity contribution in [2.75, 3.05) is 6.26 Å². The molecule has 1 aliphatic rings. The molecule has 0 radical (unpaired) electrons. The van der Waals surface area contributed by atoms with E-state index in [1.54, 1.807) is 18.0 Å². The van der Waals surface area contributed by atoms with Crippen LogP contribution in [0.15, 0.2) is 65.7 Å². The molecule has 2 heterocycles. The Morgan fingerprint density at radius 1 is 1.10 bits per heavy atom. The third-order valence-corrected chi connectivity index (χ3v) is 6.02. The van der Waals surface area contributed by atoms with Crippen molar-refractivity contribution in [3.8, 4) is 0 Å². The Morgan fingerprint density at radius 2 is 1.83 bits per heavy atom. The van der Waals surface area contributed by atoms with Crippen LogP contribution >= 0.6 is 23.4 Å². The second-order valence-corrected chi connectivity index (χ2v) is 8.45. The van der Waals surface area contributed by atoms with E-state index in [9.17, 15) is 4.79 Å². The van der Waals surface area contributed by atoms with E-state index in [1.807, 2.05) is 48.7 Å². The number of carbonyl (C=O) groups excluding carboxylic acids is 1. The molecule has 0 fully saturated rings. The summed E-state index contributed by atoms with van der Waals surface area (Å²) in [6, 6.07) is 18.1. The zero-order valence-electron chi connectivity index (χ0n) is 16.2. The van der Waals surface area contributed by atoms with E-state index in [4.69, 9.17) is 11.6 Å². The van der Waals surface area contributed by atoms with Crippen LogP contribution in [0, 0.1) is 0 Å². The lowest BCUT2D eigenvalue weighted by Crippen LogP contribution is -2.23. The molecule has 1 aromatic heterocycles. The molecule has 0 saturated heterocycles. The first-order valence-electron chi connectivity index (χ1n) is 9.46. The maximum atomic E-state index is 12.6. The summed E-state index contributed by atoms with van der Waals surface area (Å²) in [4.78, 5) is 20.6. The highest BCUT2D eigenvalue weighted by Gasteiger charge is 2.21. The quantitative estimate of drug-likeness (QED) is 0.572. The van der Waals surface area contributed by atoms with Gasteiger partial charge in [0.15, 0.2) is 0 Å². The molecule has 0 bridgehead atoms. The average Bonchev–Trinajstić information content (AvgIpc) is 3.15. The fourth-order valence-electron chi connectivity index (χ4n) is 3.44. The molecule has 4 nitrogen and oxygen atoms in total. The molecule has 1 aliphatic heterocycles. The molecule has 4 rings (SSSR count). The molecule has 1 amide bonds. The number of hydrogen-bond donors (Lipinski definition) is 1. The van der Waals surface area contributed by atoms with Gasteiger partial charge in [-0.2, -0.15) is 0 Å². The third-order valence-electron chi connectivity index (χ3n) is 5.02. The van der Waals surface area contributed by atoms with Crippen molar-refractivity contribution < 1.29 is 4.79 Å². The average molecular weight is 424 g/mol. The van der Waals surface area contributed by atoms with Gasteiger partial charge in [0.05, 0.1) is 11.3 Å². The Kier molecular flexibility index (Phi) is 6.19. The van der Waals surface area contributed by atoms with Crippen LogP contribution in [0.4, 0.5) is 0 Å². The summed E-state index contributed by atoms with van der Waals surface area (Å²) < 4.78 is 0. The number of nitrogens with one attached hydrogen (secondary N) is 1. The van der Waals surface area contributed by atoms with Crippen LogP contribution < -0.4 is 5.32 Å². The molecule has 1 N–H and O–H groups in total. The standard InChI is InChI=1S/C23H22ClN3OS/c1-29-21-8-4-16(5-9-21)11-26-23(28)18-10-19-14-27(15-22(19)25-12-18)13-17-2-6-20(24)7-3-17/h2-10,12H,11,13-15H2,1H3,(H,26,28). The number of aromatic nitrogens is 1. The number of carbonyl (C=O) groups is 1. The summed E-state index contributed by atoms with van der Waals surface area (Å²) in [5, 5.41) is 3.73. The molecular weight excluding hydrogens is 402 g/mol. The van der Waals surface area contributed by atoms with Crippen LogP contribution in [0.5, 0.6) is 0 Å². The van der Waals surface area contributed by atoms with Gasteiger partial charge < -0.3 is 5.32 Å². The van der Waals surface area contributed by atoms with E-state index < -0.39 is 0 Å². The van der Waals surface area contributed by atoms with Crippen molar-refractivity contribution in [3.63, 3.8) is 0 Å². The van der Waals surface area contributed by atoms with Gasteiger partial charge in [0, 0.05) is 42.3 Å². The molecule has 0 spiro atoms. The number of benzene rings is 2. The van der Waals surface area contributed by atoms with Crippen molar-refractivity contribution in [2.45, 2.75) is 31.1 Å². The number of fused-ring (bicyclic) bond motifs is 1. The van der Waals surface area contributed by atoms with Gasteiger partial charge in [-0.3, -0.25) is 14.7 Å². The topological polar surface area (TPSA) is 45.2 Å². The minimum atomic E-state index is -0.0922. The lowest BCUT2D eigenvalue weighted by molar-refractivity contribution is 0.0950. The predicted octanol–water partition coefficient (Wildman–Crippen LogP) is 4.90. The number of halogens is 1. The molecule has 0 atom stereocenters. The fourth-order valence-corrected chi connectivity index (χ4v) is 3.97. The van der Waals surface area contributed by atoms with Crippen molar-refractivity contribution in [2.24, 2.45) is 0 Å². The summed E-state index contributed by atoms with van der Waals surface area (Å²) in [5.74, 6) is -0.0922. The maximum Gasteiger partial charge on any atom is 0.253 e. The van der Waals surface area contributed by atoms with E-state index in [1.165, 1.54) is 10.5 Å². The minimum absolute atomic E-state index is 0.0922. The molecule has 148 valence electrons. The zero-order chi connectivity index (χ0) is 20.2. The first kappa shape index (κ1) is 20.0. The maximum absolute atomic E-state index is 12.6. The molecule has 2 aromatic carbocycles. The van der Waals surface area contributed by atoms with Crippen molar-refractivity contribution >= 4 is 29.3 Å². The number of hydrogen-bond acceptors (Lipinski definition) is 4. The van der Waals surface area contributed by atoms with Gasteiger partial charge in [-0.25, -0.2) is 0 Å². The number of nitrogens with zero attached hydrogens (tertiary/aromatic N) is 2. The Hall–Kier alpha value is -2.34. The van der Waals surface area contributed by atoms with E-state index >= 15 is 0 Å². The van der Waals surface area contributed by atoms with Crippen LogP contribution in [-0.4, -0.2) is 22.0 Å². The molecule has 0 unspecified atom stereocenters. The Morgan fingerprint density at radius 3 is 2.55 bits per heavy atom. The molecule has 3 aromatic rings. The normalized spacial score (nSPS) is 13.3. The number of thioether (sulfide) groups is 1. The monoisotopic (exact) mass is 423 g/mol. The largest absolute Gasteiger partial charge is 0.348 e. The number of pyridine rings is 1. The SMILES string of the molecule is CSc1ccc(CNC(=O)c2cnc3c(c2)CN(Cc2ccc(Cl)cc2)C3)cc1. The van der Waals surface area contributed by atoms with Gasteiger partial charge in [-0.15, -0.1) is 11.8 Å². The van der Waals surface area contributed by atoms with E-state index in [0.29, 0.717) is 12.1 Å². The van der Waals surface area contributed by atoms with Crippen molar-refractivity contribution in [1.82, 2.24) is 15.2 Å². The Balaban J connectivity index is 1.36. The number of amides is 1. The summed E-state index contributed by atoms with van der Waals surface area (Å²) in [6.45, 7) is 2.93. The van der Waals surface area contributed by atoms with Crippen LogP contribution in [0.2, 0.25) is 5.02 Å². The van der Waals surface area contributed by atoms with Crippen molar-refractivity contribution in [1.29, 1.82) is 0 Å². The van der Waals surface area contributed by atoms with Crippen LogP contribution in [-0.2, 0) is 26.2 Å². The van der Waals surface area contributed by atoms with Gasteiger partial charge in [-0.1, -0.05) is 35.9 Å². The molecule has 0 aliphatic carbocycles. The van der Waals surface area contributed by atoms with E-state index in [-0.39, 0.29) is 5.91 Å². The van der Waals surface area contributed by atoms with Crippen LogP contribution in [0.25, 0.3) is 0 Å². The second-order valence-electron chi connectivity index (χ2n) is 7.13. The fraction of sp³-hybridized carbons (Fsp3) is 0.217. The lowest BCUT2D eigenvalue weighted by atomic mass is 10.1. The molecule has 0 saturated carbocycles. The Bertz CT molecular complexity index is 1010. The van der Waals surface area contributed by atoms with Crippen LogP contribution in [0.1, 0.15) is 32.7 Å². The summed E-state index contributed by atoms with van der Waals surface area (Å²) >= 11 is 7.67. The molecule has 6 heteroatoms. The van der Waals surface area contributed by atoms with Crippen molar-refractivity contribution in [3.05, 3.63) is 93.8 Å². The van der Waals surface area contributed by atoms with E-state index in [0.717, 1.165) is 41.5 Å². The smallest absolute Gasteiger partial charge is 0.253 e. The summed E-state index contributed by atoms with van der Waals surface area (Å²) in [7, 11) is 0. The molecular formula is C23H22ClN3OS.